The molecule has 118 valence electrons. The molecule has 1 aliphatic heterocycles. The van der Waals surface area contributed by atoms with E-state index < -0.39 is 5.72 Å². The molecule has 0 aromatic heterocycles. The van der Waals surface area contributed by atoms with E-state index in [0.717, 1.165) is 6.42 Å². The summed E-state index contributed by atoms with van der Waals surface area (Å²) in [6.07, 6.45) is 8.70. The molecule has 0 unspecified atom stereocenters. The van der Waals surface area contributed by atoms with E-state index >= 15 is 0 Å². The molecule has 1 amide bonds. The molecule has 0 aromatic rings. The molecule has 2 atom stereocenters. The topological polar surface area (TPSA) is 38.8 Å². The van der Waals surface area contributed by atoms with Gasteiger partial charge in [0.05, 0.1) is 18.4 Å². The summed E-state index contributed by atoms with van der Waals surface area (Å²) in [5.41, 5.74) is -0.989. The van der Waals surface area contributed by atoms with Crippen molar-refractivity contribution >= 4 is 6.09 Å². The molecule has 4 nitrogen and oxygen atoms in total. The van der Waals surface area contributed by atoms with E-state index in [2.05, 4.69) is 6.58 Å². The number of allylic oxidation sites excluding steroid dienone is 2. The van der Waals surface area contributed by atoms with Crippen LogP contribution in [0.2, 0.25) is 0 Å². The SMILES string of the molecule is C=C[C@@H]1CCC[C@H]1/C=C\OC(=O)N1C(C)(C)COC1(C)C. The van der Waals surface area contributed by atoms with Crippen LogP contribution < -0.4 is 0 Å². The molecule has 21 heavy (non-hydrogen) atoms. The maximum Gasteiger partial charge on any atom is 0.417 e. The van der Waals surface area contributed by atoms with Crippen molar-refractivity contribution in [3.8, 4) is 0 Å². The monoisotopic (exact) mass is 293 g/mol. The van der Waals surface area contributed by atoms with Crippen LogP contribution in [0.5, 0.6) is 0 Å². The van der Waals surface area contributed by atoms with Crippen LogP contribution in [0.25, 0.3) is 0 Å². The van der Waals surface area contributed by atoms with Crippen LogP contribution in [0, 0.1) is 11.8 Å². The fraction of sp³-hybridized carbons (Fsp3) is 0.706. The van der Waals surface area contributed by atoms with Gasteiger partial charge in [-0.2, -0.15) is 0 Å². The molecule has 0 aromatic carbocycles. The van der Waals surface area contributed by atoms with Gasteiger partial charge in [-0.25, -0.2) is 4.79 Å². The molecule has 4 heteroatoms. The Morgan fingerprint density at radius 1 is 1.29 bits per heavy atom. The second-order valence-corrected chi connectivity index (χ2v) is 7.09. The molecule has 0 radical (unpaired) electrons. The lowest BCUT2D eigenvalue weighted by Crippen LogP contribution is -2.52. The van der Waals surface area contributed by atoms with Crippen molar-refractivity contribution in [3.63, 3.8) is 0 Å². The second kappa shape index (κ2) is 5.84. The number of hydrogen-bond donors (Lipinski definition) is 0. The standard InChI is InChI=1S/C17H27NO3/c1-6-13-8-7-9-14(13)10-11-20-15(19)18-16(2,3)12-21-17(18,4)5/h6,10-11,13-14H,1,7-9,12H2,2-5H3/b11-10-/t13-,14+/m1/s1. The van der Waals surface area contributed by atoms with Crippen LogP contribution in [0.4, 0.5) is 4.79 Å². The van der Waals surface area contributed by atoms with Crippen LogP contribution in [0.1, 0.15) is 47.0 Å². The Morgan fingerprint density at radius 2 is 1.95 bits per heavy atom. The van der Waals surface area contributed by atoms with E-state index in [9.17, 15) is 4.79 Å². The maximum absolute atomic E-state index is 12.4. The summed E-state index contributed by atoms with van der Waals surface area (Å²) in [6.45, 7) is 12.1. The van der Waals surface area contributed by atoms with Crippen molar-refractivity contribution in [2.75, 3.05) is 6.61 Å². The Kier molecular flexibility index (Phi) is 4.47. The largest absolute Gasteiger partial charge is 0.418 e. The number of amides is 1. The smallest absolute Gasteiger partial charge is 0.417 e. The highest BCUT2D eigenvalue weighted by Gasteiger charge is 2.49. The Hall–Kier alpha value is -1.29. The molecule has 1 saturated carbocycles. The molecule has 1 heterocycles. The van der Waals surface area contributed by atoms with Crippen LogP contribution in [-0.2, 0) is 9.47 Å². The van der Waals surface area contributed by atoms with E-state index in [-0.39, 0.29) is 11.6 Å². The van der Waals surface area contributed by atoms with Crippen LogP contribution in [-0.4, -0.2) is 28.9 Å². The predicted molar refractivity (Wildman–Crippen MR) is 82.6 cm³/mol. The van der Waals surface area contributed by atoms with Gasteiger partial charge in [0.1, 0.15) is 5.72 Å². The second-order valence-electron chi connectivity index (χ2n) is 7.09. The quantitative estimate of drug-likeness (QED) is 0.581. The highest BCUT2D eigenvalue weighted by Crippen LogP contribution is 2.36. The molecule has 1 aliphatic carbocycles. The van der Waals surface area contributed by atoms with Gasteiger partial charge in [-0.15, -0.1) is 6.58 Å². The summed E-state index contributed by atoms with van der Waals surface area (Å²) in [6, 6.07) is 0. The number of carbonyl (C=O) groups is 1. The van der Waals surface area contributed by atoms with Crippen molar-refractivity contribution in [2.24, 2.45) is 11.8 Å². The van der Waals surface area contributed by atoms with Crippen LogP contribution in [0.3, 0.4) is 0 Å². The summed E-state index contributed by atoms with van der Waals surface area (Å²) >= 11 is 0. The predicted octanol–water partition coefficient (Wildman–Crippen LogP) is 4.09. The van der Waals surface area contributed by atoms with Crippen molar-refractivity contribution < 1.29 is 14.3 Å². The van der Waals surface area contributed by atoms with E-state index in [0.29, 0.717) is 18.4 Å². The molecule has 0 spiro atoms. The first kappa shape index (κ1) is 16.1. The summed E-state index contributed by atoms with van der Waals surface area (Å²) in [7, 11) is 0. The van der Waals surface area contributed by atoms with Crippen LogP contribution >= 0.6 is 0 Å². The summed E-state index contributed by atoms with van der Waals surface area (Å²) in [4.78, 5) is 14.0. The molecular formula is C17H27NO3. The van der Waals surface area contributed by atoms with Gasteiger partial charge in [-0.3, -0.25) is 4.90 Å². The lowest BCUT2D eigenvalue weighted by Gasteiger charge is -2.36. The fourth-order valence-electron chi connectivity index (χ4n) is 3.48. The van der Waals surface area contributed by atoms with Gasteiger partial charge in [-0.1, -0.05) is 12.5 Å². The third kappa shape index (κ3) is 3.31. The number of hydrogen-bond acceptors (Lipinski definition) is 3. The van der Waals surface area contributed by atoms with Crippen molar-refractivity contribution in [2.45, 2.75) is 58.2 Å². The zero-order chi connectivity index (χ0) is 15.7. The molecule has 0 N–H and O–H groups in total. The van der Waals surface area contributed by atoms with E-state index in [1.54, 1.807) is 11.2 Å². The van der Waals surface area contributed by atoms with E-state index in [1.807, 2.05) is 39.8 Å². The number of carbonyl (C=O) groups excluding carboxylic acids is 1. The van der Waals surface area contributed by atoms with E-state index in [1.165, 1.54) is 12.8 Å². The average Bonchev–Trinajstić information content (AvgIpc) is 2.91. The van der Waals surface area contributed by atoms with Gasteiger partial charge >= 0.3 is 6.09 Å². The lowest BCUT2D eigenvalue weighted by molar-refractivity contribution is -0.0463. The lowest BCUT2D eigenvalue weighted by atomic mass is 9.96. The number of ether oxygens (including phenoxy) is 2. The van der Waals surface area contributed by atoms with Gasteiger partial charge in [-0.05, 0) is 58.4 Å². The van der Waals surface area contributed by atoms with Crippen LogP contribution in [0.15, 0.2) is 25.0 Å². The first-order valence-corrected chi connectivity index (χ1v) is 7.72. The summed E-state index contributed by atoms with van der Waals surface area (Å²) in [5, 5.41) is 0. The first-order valence-electron chi connectivity index (χ1n) is 7.72. The Labute approximate surface area is 127 Å². The third-order valence-corrected chi connectivity index (χ3v) is 4.53. The highest BCUT2D eigenvalue weighted by atomic mass is 16.6. The van der Waals surface area contributed by atoms with Gasteiger partial charge < -0.3 is 9.47 Å². The van der Waals surface area contributed by atoms with Gasteiger partial charge in [0, 0.05) is 0 Å². The van der Waals surface area contributed by atoms with Gasteiger partial charge in [0.25, 0.3) is 0 Å². The molecule has 2 fully saturated rings. The minimum Gasteiger partial charge on any atom is -0.418 e. The molecular weight excluding hydrogens is 266 g/mol. The van der Waals surface area contributed by atoms with E-state index in [4.69, 9.17) is 9.47 Å². The zero-order valence-electron chi connectivity index (χ0n) is 13.6. The minimum absolute atomic E-state index is 0.355. The Balaban J connectivity index is 1.97. The van der Waals surface area contributed by atoms with Crippen molar-refractivity contribution in [3.05, 3.63) is 25.0 Å². The summed E-state index contributed by atoms with van der Waals surface area (Å²) in [5.74, 6) is 0.939. The van der Waals surface area contributed by atoms with Gasteiger partial charge in [0.15, 0.2) is 0 Å². The third-order valence-electron chi connectivity index (χ3n) is 4.53. The van der Waals surface area contributed by atoms with Gasteiger partial charge in [0.2, 0.25) is 0 Å². The highest BCUT2D eigenvalue weighted by molar-refractivity contribution is 5.70. The molecule has 1 saturated heterocycles. The minimum atomic E-state index is -0.633. The Bertz CT molecular complexity index is 423. The fourth-order valence-corrected chi connectivity index (χ4v) is 3.48. The molecule has 2 rings (SSSR count). The summed E-state index contributed by atoms with van der Waals surface area (Å²) < 4.78 is 11.0. The zero-order valence-corrected chi connectivity index (χ0v) is 13.6. The number of rotatable bonds is 3. The first-order chi connectivity index (χ1) is 9.78. The number of nitrogens with zero attached hydrogens (tertiary/aromatic N) is 1. The maximum atomic E-state index is 12.4. The average molecular weight is 293 g/mol. The normalized spacial score (nSPS) is 30.8. The van der Waals surface area contributed by atoms with Crippen molar-refractivity contribution in [1.29, 1.82) is 0 Å². The van der Waals surface area contributed by atoms with Crippen molar-refractivity contribution in [1.82, 2.24) is 4.90 Å². The molecule has 0 bridgehead atoms. The molecule has 2 aliphatic rings. The Morgan fingerprint density at radius 3 is 2.52 bits per heavy atom.